The highest BCUT2D eigenvalue weighted by molar-refractivity contribution is 8.13. The highest BCUT2D eigenvalue weighted by Crippen LogP contribution is 2.20. The molecule has 0 saturated heterocycles. The Morgan fingerprint density at radius 1 is 1.33 bits per heavy atom. The van der Waals surface area contributed by atoms with Gasteiger partial charge in [0.2, 0.25) is 0 Å². The number of hydrogen-bond donors (Lipinski definition) is 0. The van der Waals surface area contributed by atoms with Crippen LogP contribution in [0, 0.1) is 11.8 Å². The first-order valence-corrected chi connectivity index (χ1v) is 6.89. The van der Waals surface area contributed by atoms with Crippen molar-refractivity contribution >= 4 is 22.7 Å². The van der Waals surface area contributed by atoms with Gasteiger partial charge in [-0.3, -0.25) is 9.59 Å². The summed E-state index contributed by atoms with van der Waals surface area (Å²) < 4.78 is 0. The Balaban J connectivity index is 2.07. The van der Waals surface area contributed by atoms with Crippen molar-refractivity contribution in [3.8, 4) is 11.8 Å². The van der Waals surface area contributed by atoms with E-state index in [2.05, 4.69) is 17.9 Å². The van der Waals surface area contributed by atoms with Gasteiger partial charge in [0.15, 0.2) is 5.12 Å². The van der Waals surface area contributed by atoms with E-state index in [9.17, 15) is 9.59 Å². The van der Waals surface area contributed by atoms with Gasteiger partial charge in [-0.2, -0.15) is 0 Å². The normalized spacial score (nSPS) is 13.5. The quantitative estimate of drug-likeness (QED) is 0.725. The van der Waals surface area contributed by atoms with Crippen LogP contribution in [0.4, 0.5) is 0 Å². The van der Waals surface area contributed by atoms with Gasteiger partial charge in [0, 0.05) is 25.3 Å². The molecule has 0 heterocycles. The molecule has 0 N–H and O–H groups in total. The lowest BCUT2D eigenvalue weighted by molar-refractivity contribution is -0.118. The van der Waals surface area contributed by atoms with Crippen molar-refractivity contribution in [1.29, 1.82) is 0 Å². The Bertz CT molecular complexity index is 549. The fraction of sp³-hybridized carbons (Fsp3) is 0.333. The van der Waals surface area contributed by atoms with Gasteiger partial charge in [-0.15, -0.1) is 0 Å². The maximum absolute atomic E-state index is 11.3. The third-order valence-corrected chi connectivity index (χ3v) is 3.54. The molecule has 0 bridgehead atoms. The fourth-order valence-corrected chi connectivity index (χ4v) is 2.31. The molecule has 92 valence electrons. The molecule has 18 heavy (non-hydrogen) atoms. The minimum Gasteiger partial charge on any atom is -0.299 e. The van der Waals surface area contributed by atoms with Crippen molar-refractivity contribution in [3.05, 3.63) is 34.9 Å². The Morgan fingerprint density at radius 3 is 2.94 bits per heavy atom. The van der Waals surface area contributed by atoms with Crippen molar-refractivity contribution in [2.45, 2.75) is 26.2 Å². The van der Waals surface area contributed by atoms with Crippen LogP contribution in [0.1, 0.15) is 30.0 Å². The van der Waals surface area contributed by atoms with E-state index in [-0.39, 0.29) is 5.12 Å². The first kappa shape index (κ1) is 12.9. The second-order valence-corrected chi connectivity index (χ2v) is 5.43. The van der Waals surface area contributed by atoms with E-state index >= 15 is 0 Å². The van der Waals surface area contributed by atoms with Gasteiger partial charge in [-0.1, -0.05) is 29.7 Å². The summed E-state index contributed by atoms with van der Waals surface area (Å²) in [6, 6.07) is 6.00. The van der Waals surface area contributed by atoms with E-state index in [1.165, 1.54) is 17.3 Å². The first-order chi connectivity index (χ1) is 8.65. The number of carbonyl (C=O) groups excluding carboxylic acids is 2. The monoisotopic (exact) mass is 258 g/mol. The predicted molar refractivity (Wildman–Crippen MR) is 73.5 cm³/mol. The van der Waals surface area contributed by atoms with Crippen molar-refractivity contribution in [2.75, 3.05) is 5.75 Å². The smallest absolute Gasteiger partial charge is 0.186 e. The molecule has 2 nitrogen and oxygen atoms in total. The summed E-state index contributed by atoms with van der Waals surface area (Å²) in [6.07, 6.45) is 2.03. The van der Waals surface area contributed by atoms with Crippen molar-refractivity contribution < 1.29 is 9.59 Å². The maximum Gasteiger partial charge on any atom is 0.186 e. The number of rotatable bonds is 1. The molecule has 0 aliphatic heterocycles. The molecule has 0 fully saturated rings. The molecule has 2 rings (SSSR count). The van der Waals surface area contributed by atoms with E-state index < -0.39 is 0 Å². The van der Waals surface area contributed by atoms with Gasteiger partial charge in [-0.25, -0.2) is 0 Å². The number of thioether (sulfide) groups is 1. The molecule has 0 unspecified atom stereocenters. The van der Waals surface area contributed by atoms with E-state index in [0.717, 1.165) is 17.5 Å². The van der Waals surface area contributed by atoms with Crippen molar-refractivity contribution in [3.63, 3.8) is 0 Å². The average molecular weight is 258 g/mol. The van der Waals surface area contributed by atoms with Crippen LogP contribution < -0.4 is 0 Å². The summed E-state index contributed by atoms with van der Waals surface area (Å²) >= 11 is 1.22. The number of ketones is 1. The highest BCUT2D eigenvalue weighted by atomic mass is 32.2. The molecule has 1 aromatic rings. The van der Waals surface area contributed by atoms with Gasteiger partial charge >= 0.3 is 0 Å². The van der Waals surface area contributed by atoms with Crippen molar-refractivity contribution in [2.24, 2.45) is 0 Å². The van der Waals surface area contributed by atoms with Crippen LogP contribution in [0.15, 0.2) is 18.2 Å². The minimum absolute atomic E-state index is 0.0910. The number of benzene rings is 1. The van der Waals surface area contributed by atoms with Gasteiger partial charge in [0.05, 0.1) is 5.75 Å². The van der Waals surface area contributed by atoms with Crippen molar-refractivity contribution in [1.82, 2.24) is 0 Å². The lowest BCUT2D eigenvalue weighted by Crippen LogP contribution is -2.13. The zero-order valence-corrected chi connectivity index (χ0v) is 11.1. The van der Waals surface area contributed by atoms with E-state index in [0.29, 0.717) is 24.4 Å². The van der Waals surface area contributed by atoms with Crippen LogP contribution in [0.3, 0.4) is 0 Å². The summed E-state index contributed by atoms with van der Waals surface area (Å²) in [6.45, 7) is 1.54. The lowest BCUT2D eigenvalue weighted by atomic mass is 9.90. The summed E-state index contributed by atoms with van der Waals surface area (Å²) in [4.78, 5) is 22.1. The standard InChI is InChI=1S/C15H14O2S/c1-11(16)18-8-2-3-12-4-5-14-10-15(17)7-6-13(14)9-12/h4-5,9H,6-8,10H2,1H3. The molecule has 1 aromatic carbocycles. The molecule has 0 amide bonds. The number of carbonyl (C=O) groups is 2. The molecule has 3 heteroatoms. The Kier molecular flexibility index (Phi) is 4.22. The van der Waals surface area contributed by atoms with E-state index in [1.54, 1.807) is 6.92 Å². The summed E-state index contributed by atoms with van der Waals surface area (Å²) in [5.74, 6) is 6.88. The Hall–Kier alpha value is -1.53. The lowest BCUT2D eigenvalue weighted by Gasteiger charge is -2.14. The molecule has 1 aliphatic carbocycles. The predicted octanol–water partition coefficient (Wildman–Crippen LogP) is 2.38. The van der Waals surface area contributed by atoms with Crippen LogP contribution in [-0.2, 0) is 22.4 Å². The molecule has 0 atom stereocenters. The summed E-state index contributed by atoms with van der Waals surface area (Å²) in [7, 11) is 0. The van der Waals surface area contributed by atoms with E-state index in [4.69, 9.17) is 0 Å². The third kappa shape index (κ3) is 3.48. The highest BCUT2D eigenvalue weighted by Gasteiger charge is 2.14. The first-order valence-electron chi connectivity index (χ1n) is 5.91. The van der Waals surface area contributed by atoms with Gasteiger partial charge in [0.25, 0.3) is 0 Å². The van der Waals surface area contributed by atoms with Crippen LogP contribution in [0.2, 0.25) is 0 Å². The molecule has 1 aliphatic rings. The van der Waals surface area contributed by atoms with Gasteiger partial charge in [0.1, 0.15) is 5.78 Å². The van der Waals surface area contributed by atoms with Gasteiger partial charge < -0.3 is 0 Å². The van der Waals surface area contributed by atoms with Crippen LogP contribution in [-0.4, -0.2) is 16.7 Å². The zero-order valence-electron chi connectivity index (χ0n) is 10.3. The molecular formula is C15H14O2S. The van der Waals surface area contributed by atoms with Crippen LogP contribution in [0.5, 0.6) is 0 Å². The Labute approximate surface area is 111 Å². The number of hydrogen-bond acceptors (Lipinski definition) is 3. The topological polar surface area (TPSA) is 34.1 Å². The third-order valence-electron chi connectivity index (χ3n) is 2.85. The number of aryl methyl sites for hydroxylation is 1. The number of fused-ring (bicyclic) bond motifs is 1. The van der Waals surface area contributed by atoms with E-state index in [1.807, 2.05) is 12.1 Å². The Morgan fingerprint density at radius 2 is 2.17 bits per heavy atom. The summed E-state index contributed by atoms with van der Waals surface area (Å²) in [5, 5.41) is 0.0910. The minimum atomic E-state index is 0.0910. The second-order valence-electron chi connectivity index (χ2n) is 4.28. The molecule has 0 saturated carbocycles. The molecule has 0 spiro atoms. The van der Waals surface area contributed by atoms with Gasteiger partial charge in [-0.05, 0) is 29.7 Å². The molecule has 0 aromatic heterocycles. The molecular weight excluding hydrogens is 244 g/mol. The average Bonchev–Trinajstić information content (AvgIpc) is 2.34. The SMILES string of the molecule is CC(=O)SCC#Cc1ccc2c(c1)CCC(=O)C2. The molecule has 0 radical (unpaired) electrons. The second kappa shape index (κ2) is 5.88. The summed E-state index contributed by atoms with van der Waals surface area (Å²) in [5.41, 5.74) is 3.34. The largest absolute Gasteiger partial charge is 0.299 e. The zero-order chi connectivity index (χ0) is 13.0. The fourth-order valence-electron chi connectivity index (χ4n) is 1.96. The number of Topliss-reactive ketones (excluding diaryl/α,β-unsaturated/α-hetero) is 1. The van der Waals surface area contributed by atoms with Crippen LogP contribution >= 0.6 is 11.8 Å². The maximum atomic E-state index is 11.3. The van der Waals surface area contributed by atoms with Crippen LogP contribution in [0.25, 0.3) is 0 Å².